The number of nitrogens with zero attached hydrogens (tertiary/aromatic N) is 3. The summed E-state index contributed by atoms with van der Waals surface area (Å²) in [6.45, 7) is 4.57. The molecule has 2 rings (SSSR count). The van der Waals surface area contributed by atoms with Crippen LogP contribution in [0.5, 0.6) is 0 Å². The molecule has 0 bridgehead atoms. The maximum absolute atomic E-state index is 13.3. The molecule has 10 heteroatoms. The molecule has 2 amide bonds. The molecule has 0 unspecified atom stereocenters. The number of hydrogen-bond donors (Lipinski definition) is 0. The quantitative estimate of drug-likeness (QED) is 0.188. The van der Waals surface area contributed by atoms with Crippen molar-refractivity contribution in [3.8, 4) is 0 Å². The van der Waals surface area contributed by atoms with Gasteiger partial charge in [-0.3, -0.25) is 24.6 Å². The monoisotopic (exact) mass is 435 g/mol. The molecule has 0 saturated carbocycles. The third-order valence-corrected chi connectivity index (χ3v) is 4.83. The molecule has 0 fully saturated rings. The zero-order valence-corrected chi connectivity index (χ0v) is 18.2. The van der Waals surface area contributed by atoms with Gasteiger partial charge < -0.3 is 19.1 Å². The van der Waals surface area contributed by atoms with Crippen LogP contribution in [0.15, 0.2) is 30.0 Å². The fourth-order valence-electron chi connectivity index (χ4n) is 3.28. The van der Waals surface area contributed by atoms with Gasteiger partial charge in [0.25, 0.3) is 17.5 Å². The summed E-state index contributed by atoms with van der Waals surface area (Å²) in [5.41, 5.74) is 0.839. The van der Waals surface area contributed by atoms with Crippen LogP contribution >= 0.6 is 0 Å². The molecule has 0 N–H and O–H groups in total. The highest BCUT2D eigenvalue weighted by Gasteiger charge is 2.41. The van der Waals surface area contributed by atoms with Crippen LogP contribution in [-0.2, 0) is 23.8 Å². The van der Waals surface area contributed by atoms with Crippen LogP contribution in [0.3, 0.4) is 0 Å². The summed E-state index contributed by atoms with van der Waals surface area (Å²) >= 11 is 0. The van der Waals surface area contributed by atoms with Crippen molar-refractivity contribution >= 4 is 23.1 Å². The molecule has 1 aliphatic heterocycles. The lowest BCUT2D eigenvalue weighted by Crippen LogP contribution is -2.38. The lowest BCUT2D eigenvalue weighted by Gasteiger charge is -2.25. The minimum Gasteiger partial charge on any atom is -0.383 e. The summed E-state index contributed by atoms with van der Waals surface area (Å²) < 4.78 is 15.7. The van der Waals surface area contributed by atoms with E-state index < -0.39 is 16.7 Å². The Hall–Kier alpha value is -2.82. The Balaban J connectivity index is 2.44. The Labute approximate surface area is 181 Å². The summed E-state index contributed by atoms with van der Waals surface area (Å²) in [5, 5.41) is 11.0. The number of amides is 2. The Morgan fingerprint density at radius 1 is 1.00 bits per heavy atom. The third kappa shape index (κ3) is 6.09. The van der Waals surface area contributed by atoms with Gasteiger partial charge in [0, 0.05) is 59.2 Å². The number of carbonyl (C=O) groups excluding carboxylic acids is 2. The van der Waals surface area contributed by atoms with E-state index in [1.54, 1.807) is 19.1 Å². The highest BCUT2D eigenvalue weighted by molar-refractivity contribution is 6.35. The van der Waals surface area contributed by atoms with Gasteiger partial charge in [-0.1, -0.05) is 0 Å². The Kier molecular flexibility index (Phi) is 9.57. The molecule has 1 aliphatic rings. The van der Waals surface area contributed by atoms with Crippen molar-refractivity contribution in [3.05, 3.63) is 45.6 Å². The smallest absolute Gasteiger partial charge is 0.277 e. The number of benzene rings is 1. The van der Waals surface area contributed by atoms with Gasteiger partial charge in [0.1, 0.15) is 5.70 Å². The number of nitro benzene ring substituents is 1. The lowest BCUT2D eigenvalue weighted by atomic mass is 10.0. The molecule has 1 aromatic carbocycles. The fourth-order valence-corrected chi connectivity index (χ4v) is 3.28. The van der Waals surface area contributed by atoms with Gasteiger partial charge in [-0.15, -0.1) is 0 Å². The second kappa shape index (κ2) is 12.1. The van der Waals surface area contributed by atoms with Gasteiger partial charge >= 0.3 is 0 Å². The van der Waals surface area contributed by atoms with Gasteiger partial charge in [0.15, 0.2) is 0 Å². The average molecular weight is 435 g/mol. The van der Waals surface area contributed by atoms with Gasteiger partial charge in [0.2, 0.25) is 0 Å². The third-order valence-electron chi connectivity index (χ3n) is 4.83. The van der Waals surface area contributed by atoms with Crippen LogP contribution < -0.4 is 0 Å². The summed E-state index contributed by atoms with van der Waals surface area (Å²) in [6, 6.07) is 5.63. The molecule has 31 heavy (non-hydrogen) atoms. The van der Waals surface area contributed by atoms with E-state index in [4.69, 9.17) is 14.2 Å². The summed E-state index contributed by atoms with van der Waals surface area (Å²) in [7, 11) is 3.11. The second-order valence-electron chi connectivity index (χ2n) is 6.81. The van der Waals surface area contributed by atoms with Gasteiger partial charge in [0.05, 0.1) is 23.7 Å². The first-order chi connectivity index (χ1) is 15.0. The van der Waals surface area contributed by atoms with Gasteiger partial charge in [-0.25, -0.2) is 0 Å². The maximum Gasteiger partial charge on any atom is 0.277 e. The van der Waals surface area contributed by atoms with E-state index in [9.17, 15) is 19.7 Å². The van der Waals surface area contributed by atoms with E-state index in [1.165, 1.54) is 29.2 Å². The number of rotatable bonds is 14. The zero-order valence-electron chi connectivity index (χ0n) is 18.2. The Morgan fingerprint density at radius 2 is 1.61 bits per heavy atom. The molecule has 0 aromatic heterocycles. The summed E-state index contributed by atoms with van der Waals surface area (Å²) in [4.78, 5) is 40.0. The summed E-state index contributed by atoms with van der Waals surface area (Å²) in [5.74, 6) is -0.827. The van der Waals surface area contributed by atoms with Crippen LogP contribution in [0.2, 0.25) is 0 Å². The highest BCUT2D eigenvalue weighted by Crippen LogP contribution is 2.32. The van der Waals surface area contributed by atoms with E-state index in [1.807, 2.05) is 6.92 Å². The van der Waals surface area contributed by atoms with E-state index >= 15 is 0 Å². The van der Waals surface area contributed by atoms with E-state index in [2.05, 4.69) is 0 Å². The van der Waals surface area contributed by atoms with E-state index in [0.717, 1.165) is 0 Å². The lowest BCUT2D eigenvalue weighted by molar-refractivity contribution is -0.384. The molecule has 1 heterocycles. The number of non-ortho nitro benzene ring substituents is 1. The standard InChI is InChI=1S/C21H29N3O7/c1-4-31-13-5-10-23-20(25)18(16-6-8-17(9-7-16)24(27)28)19(21(23)26)22(11-14-29-2)12-15-30-3/h6-9H,4-5,10-15H2,1-3H3. The van der Waals surface area contributed by atoms with Crippen LogP contribution in [0.1, 0.15) is 18.9 Å². The number of hydrogen-bond acceptors (Lipinski definition) is 8. The first-order valence-corrected chi connectivity index (χ1v) is 10.1. The highest BCUT2D eigenvalue weighted by atomic mass is 16.6. The van der Waals surface area contributed by atoms with Crippen molar-refractivity contribution in [1.29, 1.82) is 0 Å². The van der Waals surface area contributed by atoms with Crippen LogP contribution in [-0.4, -0.2) is 86.8 Å². The molecule has 10 nitrogen and oxygen atoms in total. The molecule has 0 spiro atoms. The average Bonchev–Trinajstić information content (AvgIpc) is 3.01. The zero-order chi connectivity index (χ0) is 22.8. The molecular formula is C21H29N3O7. The number of ether oxygens (including phenoxy) is 3. The van der Waals surface area contributed by atoms with Crippen LogP contribution in [0.25, 0.3) is 5.57 Å². The van der Waals surface area contributed by atoms with E-state index in [0.29, 0.717) is 51.5 Å². The maximum atomic E-state index is 13.3. The van der Waals surface area contributed by atoms with Crippen molar-refractivity contribution in [2.75, 3.05) is 60.3 Å². The largest absolute Gasteiger partial charge is 0.383 e. The Bertz CT molecular complexity index is 800. The fraction of sp³-hybridized carbons (Fsp3) is 0.524. The number of imide groups is 1. The van der Waals surface area contributed by atoms with Crippen molar-refractivity contribution in [2.45, 2.75) is 13.3 Å². The topological polar surface area (TPSA) is 111 Å². The number of carbonyl (C=O) groups is 2. The molecular weight excluding hydrogens is 406 g/mol. The van der Waals surface area contributed by atoms with Crippen molar-refractivity contribution in [1.82, 2.24) is 9.80 Å². The Morgan fingerprint density at radius 3 is 2.13 bits per heavy atom. The van der Waals surface area contributed by atoms with Crippen molar-refractivity contribution in [3.63, 3.8) is 0 Å². The van der Waals surface area contributed by atoms with Crippen molar-refractivity contribution < 1.29 is 28.7 Å². The summed E-state index contributed by atoms with van der Waals surface area (Å²) in [6.07, 6.45) is 0.516. The van der Waals surface area contributed by atoms with E-state index in [-0.39, 0.29) is 23.5 Å². The van der Waals surface area contributed by atoms with Gasteiger partial charge in [-0.2, -0.15) is 0 Å². The SMILES string of the molecule is CCOCCCN1C(=O)C(c2ccc([N+](=O)[O-])cc2)=C(N(CCOC)CCOC)C1=O. The second-order valence-corrected chi connectivity index (χ2v) is 6.81. The first kappa shape index (κ1) is 24.4. The molecule has 1 aromatic rings. The predicted molar refractivity (Wildman–Crippen MR) is 113 cm³/mol. The molecule has 0 radical (unpaired) electrons. The first-order valence-electron chi connectivity index (χ1n) is 10.1. The predicted octanol–water partition coefficient (Wildman–Crippen LogP) is 1.70. The normalized spacial score (nSPS) is 14.0. The number of nitro groups is 1. The minimum atomic E-state index is -0.510. The molecule has 0 saturated heterocycles. The van der Waals surface area contributed by atoms with Crippen LogP contribution in [0, 0.1) is 10.1 Å². The van der Waals surface area contributed by atoms with Crippen LogP contribution in [0.4, 0.5) is 5.69 Å². The minimum absolute atomic E-state index is 0.0909. The molecule has 0 atom stereocenters. The number of methoxy groups -OCH3 is 2. The van der Waals surface area contributed by atoms with Crippen molar-refractivity contribution in [2.24, 2.45) is 0 Å². The molecule has 0 aliphatic carbocycles. The molecule has 170 valence electrons. The van der Waals surface area contributed by atoms with Gasteiger partial charge in [-0.05, 0) is 31.0 Å².